The Morgan fingerprint density at radius 3 is 2.87 bits per heavy atom. The minimum atomic E-state index is 0.732. The van der Waals surface area contributed by atoms with Gasteiger partial charge in [-0.3, -0.25) is 4.99 Å². The van der Waals surface area contributed by atoms with Crippen LogP contribution >= 0.6 is 0 Å². The Hall–Kier alpha value is -3.01. The molecule has 4 nitrogen and oxygen atoms in total. The largest absolute Gasteiger partial charge is 0.340 e. The van der Waals surface area contributed by atoms with Gasteiger partial charge in [-0.05, 0) is 41.8 Å². The van der Waals surface area contributed by atoms with Crippen molar-refractivity contribution in [3.8, 4) is 11.4 Å². The van der Waals surface area contributed by atoms with Gasteiger partial charge in [0.25, 0.3) is 0 Å². The van der Waals surface area contributed by atoms with Crippen LogP contribution < -0.4 is 5.32 Å². The first-order valence-electron chi connectivity index (χ1n) is 7.58. The Morgan fingerprint density at radius 2 is 1.96 bits per heavy atom. The minimum Gasteiger partial charge on any atom is -0.340 e. The van der Waals surface area contributed by atoms with Crippen LogP contribution in [0.1, 0.15) is 16.7 Å². The van der Waals surface area contributed by atoms with Gasteiger partial charge >= 0.3 is 0 Å². The molecule has 1 N–H and O–H groups in total. The summed E-state index contributed by atoms with van der Waals surface area (Å²) in [4.78, 5) is 13.3. The zero-order chi connectivity index (χ0) is 15.6. The third-order valence-electron chi connectivity index (χ3n) is 3.95. The highest BCUT2D eigenvalue weighted by Gasteiger charge is 2.08. The lowest BCUT2D eigenvalue weighted by molar-refractivity contribution is 1.11. The summed E-state index contributed by atoms with van der Waals surface area (Å²) in [6, 6.07) is 16.3. The number of aliphatic imine (C=N–C) groups is 1. The molecule has 112 valence electrons. The standard InChI is InChI=1S/C19H16N4/c1-13-4-2-3-5-17(13)19-21-9-8-18(23-19)22-16-7-6-14-11-20-12-15(14)10-16/h2-10,12H,11H2,1H3,(H,21,22,23). The van der Waals surface area contributed by atoms with E-state index in [0.29, 0.717) is 0 Å². The number of fused-ring (bicyclic) bond motifs is 1. The summed E-state index contributed by atoms with van der Waals surface area (Å²) in [5, 5.41) is 3.35. The highest BCUT2D eigenvalue weighted by atomic mass is 15.0. The van der Waals surface area contributed by atoms with Gasteiger partial charge < -0.3 is 5.32 Å². The lowest BCUT2D eigenvalue weighted by atomic mass is 10.1. The van der Waals surface area contributed by atoms with Gasteiger partial charge in [0, 0.05) is 23.7 Å². The first-order chi connectivity index (χ1) is 11.3. The third kappa shape index (κ3) is 2.71. The van der Waals surface area contributed by atoms with Gasteiger partial charge in [0.1, 0.15) is 5.82 Å². The molecule has 0 saturated heterocycles. The van der Waals surface area contributed by atoms with Crippen LogP contribution in [-0.4, -0.2) is 16.2 Å². The molecule has 0 unspecified atom stereocenters. The van der Waals surface area contributed by atoms with Gasteiger partial charge in [0.15, 0.2) is 5.82 Å². The molecular weight excluding hydrogens is 284 g/mol. The van der Waals surface area contributed by atoms with Crippen LogP contribution in [0.15, 0.2) is 59.7 Å². The second-order valence-electron chi connectivity index (χ2n) is 5.59. The minimum absolute atomic E-state index is 0.732. The highest BCUT2D eigenvalue weighted by Crippen LogP contribution is 2.24. The van der Waals surface area contributed by atoms with E-state index >= 15 is 0 Å². The molecule has 1 aliphatic heterocycles. The molecule has 0 aliphatic carbocycles. The summed E-state index contributed by atoms with van der Waals surface area (Å²) in [5.74, 6) is 1.52. The fourth-order valence-corrected chi connectivity index (χ4v) is 2.71. The molecule has 1 aliphatic rings. The second kappa shape index (κ2) is 5.65. The average molecular weight is 300 g/mol. The molecule has 0 spiro atoms. The topological polar surface area (TPSA) is 50.2 Å². The van der Waals surface area contributed by atoms with Crippen molar-refractivity contribution in [1.29, 1.82) is 0 Å². The van der Waals surface area contributed by atoms with Gasteiger partial charge in [-0.15, -0.1) is 0 Å². The Labute approximate surface area is 135 Å². The molecule has 4 rings (SSSR count). The van der Waals surface area contributed by atoms with Crippen LogP contribution in [0.2, 0.25) is 0 Å². The molecule has 4 heteroatoms. The summed E-state index contributed by atoms with van der Waals surface area (Å²) < 4.78 is 0. The van der Waals surface area contributed by atoms with Crippen molar-refractivity contribution in [3.05, 3.63) is 71.4 Å². The zero-order valence-electron chi connectivity index (χ0n) is 12.8. The van der Waals surface area contributed by atoms with Crippen molar-refractivity contribution in [2.45, 2.75) is 13.5 Å². The monoisotopic (exact) mass is 300 g/mol. The van der Waals surface area contributed by atoms with E-state index < -0.39 is 0 Å². The van der Waals surface area contributed by atoms with Crippen LogP contribution in [0.3, 0.4) is 0 Å². The molecule has 2 aromatic carbocycles. The highest BCUT2D eigenvalue weighted by molar-refractivity contribution is 5.86. The number of nitrogens with one attached hydrogen (secondary N) is 1. The molecule has 2 heterocycles. The first kappa shape index (κ1) is 13.6. The van der Waals surface area contributed by atoms with Crippen LogP contribution in [0.4, 0.5) is 11.5 Å². The van der Waals surface area contributed by atoms with Crippen LogP contribution in [0, 0.1) is 6.92 Å². The van der Waals surface area contributed by atoms with E-state index in [1.165, 1.54) is 16.7 Å². The molecule has 0 saturated carbocycles. The maximum Gasteiger partial charge on any atom is 0.161 e. The van der Waals surface area contributed by atoms with Crippen molar-refractivity contribution in [2.75, 3.05) is 5.32 Å². The number of nitrogens with zero attached hydrogens (tertiary/aromatic N) is 3. The Bertz CT molecular complexity index is 899. The third-order valence-corrected chi connectivity index (χ3v) is 3.95. The Kier molecular flexibility index (Phi) is 3.35. The van der Waals surface area contributed by atoms with Crippen molar-refractivity contribution < 1.29 is 0 Å². The van der Waals surface area contributed by atoms with Gasteiger partial charge in [-0.25, -0.2) is 9.97 Å². The predicted molar refractivity (Wildman–Crippen MR) is 93.2 cm³/mol. The van der Waals surface area contributed by atoms with Crippen LogP contribution in [-0.2, 0) is 6.54 Å². The van der Waals surface area contributed by atoms with E-state index in [9.17, 15) is 0 Å². The summed E-state index contributed by atoms with van der Waals surface area (Å²) >= 11 is 0. The fraction of sp³-hybridized carbons (Fsp3) is 0.105. The quantitative estimate of drug-likeness (QED) is 0.791. The van der Waals surface area contributed by atoms with Gasteiger partial charge in [-0.2, -0.15) is 0 Å². The fourth-order valence-electron chi connectivity index (χ4n) is 2.71. The number of hydrogen-bond acceptors (Lipinski definition) is 4. The van der Waals surface area contributed by atoms with E-state index in [-0.39, 0.29) is 0 Å². The number of benzene rings is 2. The van der Waals surface area contributed by atoms with Crippen molar-refractivity contribution in [1.82, 2.24) is 9.97 Å². The molecule has 0 fully saturated rings. The summed E-state index contributed by atoms with van der Waals surface area (Å²) in [7, 11) is 0. The van der Waals surface area contributed by atoms with Crippen LogP contribution in [0.25, 0.3) is 11.4 Å². The second-order valence-corrected chi connectivity index (χ2v) is 5.59. The number of hydrogen-bond donors (Lipinski definition) is 1. The molecule has 0 atom stereocenters. The van der Waals surface area contributed by atoms with Crippen molar-refractivity contribution >= 4 is 17.7 Å². The zero-order valence-corrected chi connectivity index (χ0v) is 12.8. The maximum atomic E-state index is 4.64. The van der Waals surface area contributed by atoms with E-state index in [1.54, 1.807) is 6.20 Å². The first-order valence-corrected chi connectivity index (χ1v) is 7.58. The Balaban J connectivity index is 1.64. The van der Waals surface area contributed by atoms with Crippen molar-refractivity contribution in [3.63, 3.8) is 0 Å². The van der Waals surface area contributed by atoms with E-state index in [2.05, 4.69) is 51.5 Å². The lowest BCUT2D eigenvalue weighted by Crippen LogP contribution is -1.98. The van der Waals surface area contributed by atoms with Gasteiger partial charge in [0.2, 0.25) is 0 Å². The molecule has 23 heavy (non-hydrogen) atoms. The molecule has 0 amide bonds. The smallest absolute Gasteiger partial charge is 0.161 e. The summed E-state index contributed by atoms with van der Waals surface area (Å²) in [5.41, 5.74) is 5.66. The Morgan fingerprint density at radius 1 is 1.04 bits per heavy atom. The predicted octanol–water partition coefficient (Wildman–Crippen LogP) is 4.13. The maximum absolute atomic E-state index is 4.64. The molecule has 0 bridgehead atoms. The molecule has 0 radical (unpaired) electrons. The number of aromatic nitrogens is 2. The molecule has 1 aromatic heterocycles. The lowest BCUT2D eigenvalue weighted by Gasteiger charge is -2.09. The van der Waals surface area contributed by atoms with Crippen molar-refractivity contribution in [2.24, 2.45) is 4.99 Å². The van der Waals surface area contributed by atoms with E-state index in [4.69, 9.17) is 0 Å². The normalized spacial score (nSPS) is 12.2. The van der Waals surface area contributed by atoms with E-state index in [0.717, 1.165) is 29.4 Å². The average Bonchev–Trinajstić information content (AvgIpc) is 3.03. The number of rotatable bonds is 3. The summed E-state index contributed by atoms with van der Waals surface area (Å²) in [6.45, 7) is 2.85. The van der Waals surface area contributed by atoms with E-state index in [1.807, 2.05) is 30.5 Å². The SMILES string of the molecule is Cc1ccccc1-c1nccc(Nc2ccc3c(c2)C=NC3)n1. The van der Waals surface area contributed by atoms with Gasteiger partial charge in [-0.1, -0.05) is 30.3 Å². The van der Waals surface area contributed by atoms with Crippen LogP contribution in [0.5, 0.6) is 0 Å². The number of aryl methyl sites for hydroxylation is 1. The number of anilines is 2. The summed E-state index contributed by atoms with van der Waals surface area (Å²) in [6.07, 6.45) is 3.70. The molecule has 3 aromatic rings. The van der Waals surface area contributed by atoms with Gasteiger partial charge in [0.05, 0.1) is 6.54 Å². The molecular formula is C19H16N4.